The van der Waals surface area contributed by atoms with Crippen LogP contribution in [0.4, 0.5) is 4.79 Å². The van der Waals surface area contributed by atoms with Gasteiger partial charge < -0.3 is 20.1 Å². The summed E-state index contributed by atoms with van der Waals surface area (Å²) in [6, 6.07) is 25.4. The number of hydrogen-bond donors (Lipinski definition) is 2. The monoisotopic (exact) mass is 470 g/mol. The lowest BCUT2D eigenvalue weighted by Gasteiger charge is -2.39. The Morgan fingerprint density at radius 3 is 2.06 bits per heavy atom. The van der Waals surface area contributed by atoms with Crippen LogP contribution in [0.1, 0.15) is 28.5 Å². The highest BCUT2D eigenvalue weighted by atomic mass is 16.5. The zero-order chi connectivity index (χ0) is 24.4. The van der Waals surface area contributed by atoms with Gasteiger partial charge in [-0.1, -0.05) is 78.9 Å². The van der Waals surface area contributed by atoms with Gasteiger partial charge in [0.25, 0.3) is 0 Å². The minimum atomic E-state index is -0.901. The van der Waals surface area contributed by atoms with Gasteiger partial charge in [0.1, 0.15) is 6.61 Å². The molecule has 35 heavy (non-hydrogen) atoms. The molecule has 178 valence electrons. The third-order valence-corrected chi connectivity index (χ3v) is 6.84. The summed E-state index contributed by atoms with van der Waals surface area (Å²) in [7, 11) is 0. The average Bonchev–Trinajstić information content (AvgIpc) is 3.16. The highest BCUT2D eigenvalue weighted by molar-refractivity contribution is 5.87. The molecule has 7 heteroatoms. The largest absolute Gasteiger partial charge is 0.481 e. The van der Waals surface area contributed by atoms with E-state index >= 15 is 0 Å². The van der Waals surface area contributed by atoms with Crippen molar-refractivity contribution in [3.05, 3.63) is 95.6 Å². The van der Waals surface area contributed by atoms with Gasteiger partial charge in [-0.3, -0.25) is 9.59 Å². The van der Waals surface area contributed by atoms with Crippen molar-refractivity contribution in [1.82, 2.24) is 10.2 Å². The molecular formula is C28H26N2O5. The van der Waals surface area contributed by atoms with Gasteiger partial charge >= 0.3 is 12.1 Å². The van der Waals surface area contributed by atoms with E-state index < -0.39 is 23.9 Å². The number of carbonyl (C=O) groups is 3. The number of carboxylic acids is 1. The number of fused-ring (bicyclic) bond motifs is 3. The molecule has 0 aromatic heterocycles. The quantitative estimate of drug-likeness (QED) is 0.547. The number of benzene rings is 3. The van der Waals surface area contributed by atoms with Crippen LogP contribution in [-0.4, -0.2) is 54.2 Å². The summed E-state index contributed by atoms with van der Waals surface area (Å²) >= 11 is 0. The first-order chi connectivity index (χ1) is 17.0. The average molecular weight is 471 g/mol. The Balaban J connectivity index is 1.23. The molecule has 1 atom stereocenters. The summed E-state index contributed by atoms with van der Waals surface area (Å²) < 4.78 is 5.60. The van der Waals surface area contributed by atoms with Crippen molar-refractivity contribution in [2.45, 2.75) is 11.8 Å². The van der Waals surface area contributed by atoms with Gasteiger partial charge in [-0.25, -0.2) is 4.79 Å². The van der Waals surface area contributed by atoms with Crippen LogP contribution < -0.4 is 5.32 Å². The summed E-state index contributed by atoms with van der Waals surface area (Å²) in [5.74, 6) is -2.31. The normalized spacial score (nSPS) is 15.5. The Morgan fingerprint density at radius 1 is 0.886 bits per heavy atom. The van der Waals surface area contributed by atoms with Gasteiger partial charge in [0.2, 0.25) is 5.91 Å². The first-order valence-electron chi connectivity index (χ1n) is 11.7. The first-order valence-corrected chi connectivity index (χ1v) is 11.7. The summed E-state index contributed by atoms with van der Waals surface area (Å²) in [5, 5.41) is 11.9. The summed E-state index contributed by atoms with van der Waals surface area (Å²) in [6.45, 7) is 0.620. The van der Waals surface area contributed by atoms with Crippen molar-refractivity contribution < 1.29 is 24.2 Å². The van der Waals surface area contributed by atoms with Gasteiger partial charge in [0, 0.05) is 25.6 Å². The predicted molar refractivity (Wildman–Crippen MR) is 130 cm³/mol. The smallest absolute Gasteiger partial charge is 0.407 e. The second-order valence-electron chi connectivity index (χ2n) is 8.95. The summed E-state index contributed by atoms with van der Waals surface area (Å²) in [5.41, 5.74) is 5.33. The molecule has 2 N–H and O–H groups in total. The SMILES string of the molecule is O=C(NCC(C(=O)N1CC(C(=O)O)C1)c1ccccc1)OCC1c2ccccc2-c2ccccc21. The molecule has 1 unspecified atom stereocenters. The van der Waals surface area contributed by atoms with Crippen LogP contribution in [0.15, 0.2) is 78.9 Å². The highest BCUT2D eigenvalue weighted by Crippen LogP contribution is 2.44. The van der Waals surface area contributed by atoms with Gasteiger partial charge in [-0.15, -0.1) is 0 Å². The maximum atomic E-state index is 13.1. The molecule has 3 aromatic carbocycles. The van der Waals surface area contributed by atoms with Gasteiger partial charge in [-0.2, -0.15) is 0 Å². The van der Waals surface area contributed by atoms with Crippen LogP contribution in [0.25, 0.3) is 11.1 Å². The third kappa shape index (κ3) is 4.49. The number of rotatable bonds is 7. The number of hydrogen-bond acceptors (Lipinski definition) is 4. The number of likely N-dealkylation sites (tertiary alicyclic amines) is 1. The second-order valence-corrected chi connectivity index (χ2v) is 8.95. The molecule has 2 aliphatic rings. The Kier molecular flexibility index (Phi) is 6.23. The topological polar surface area (TPSA) is 95.9 Å². The molecule has 0 saturated carbocycles. The number of ether oxygens (including phenoxy) is 1. The molecule has 0 bridgehead atoms. The molecule has 5 rings (SSSR count). The maximum absolute atomic E-state index is 13.1. The zero-order valence-corrected chi connectivity index (χ0v) is 19.1. The van der Waals surface area contributed by atoms with E-state index in [1.807, 2.05) is 54.6 Å². The van der Waals surface area contributed by atoms with Gasteiger partial charge in [0.15, 0.2) is 0 Å². The van der Waals surface area contributed by atoms with E-state index in [0.717, 1.165) is 27.8 Å². The fourth-order valence-corrected chi connectivity index (χ4v) is 4.90. The van der Waals surface area contributed by atoms with E-state index in [1.54, 1.807) is 0 Å². The molecule has 1 fully saturated rings. The Labute approximate surface area is 203 Å². The Morgan fingerprint density at radius 2 is 1.46 bits per heavy atom. The second kappa shape index (κ2) is 9.62. The number of alkyl carbamates (subject to hydrolysis) is 1. The van der Waals surface area contributed by atoms with Crippen molar-refractivity contribution in [2.24, 2.45) is 5.92 Å². The molecule has 0 radical (unpaired) electrons. The van der Waals surface area contributed by atoms with Gasteiger partial charge in [0.05, 0.1) is 11.8 Å². The van der Waals surface area contributed by atoms with Crippen LogP contribution in [0.2, 0.25) is 0 Å². The fraction of sp³-hybridized carbons (Fsp3) is 0.250. The van der Waals surface area contributed by atoms with E-state index in [9.17, 15) is 14.4 Å². The highest BCUT2D eigenvalue weighted by Gasteiger charge is 2.39. The van der Waals surface area contributed by atoms with Crippen molar-refractivity contribution in [3.63, 3.8) is 0 Å². The lowest BCUT2D eigenvalue weighted by molar-refractivity contribution is -0.153. The minimum Gasteiger partial charge on any atom is -0.481 e. The maximum Gasteiger partial charge on any atom is 0.407 e. The van der Waals surface area contributed by atoms with Crippen LogP contribution >= 0.6 is 0 Å². The van der Waals surface area contributed by atoms with E-state index in [2.05, 4.69) is 29.6 Å². The van der Waals surface area contributed by atoms with Crippen molar-refractivity contribution in [2.75, 3.05) is 26.2 Å². The number of aliphatic carboxylic acids is 1. The number of nitrogens with zero attached hydrogens (tertiary/aromatic N) is 1. The Hall–Kier alpha value is -4.13. The first kappa shape index (κ1) is 22.7. The lowest BCUT2D eigenvalue weighted by atomic mass is 9.93. The van der Waals surface area contributed by atoms with Crippen LogP contribution in [-0.2, 0) is 14.3 Å². The number of carboxylic acid groups (broad SMARTS) is 1. The molecule has 0 spiro atoms. The molecule has 7 nitrogen and oxygen atoms in total. The third-order valence-electron chi connectivity index (χ3n) is 6.84. The molecular weight excluding hydrogens is 444 g/mol. The van der Waals surface area contributed by atoms with Crippen LogP contribution in [0, 0.1) is 5.92 Å². The van der Waals surface area contributed by atoms with E-state index in [-0.39, 0.29) is 38.1 Å². The number of carbonyl (C=O) groups excluding carboxylic acids is 2. The molecule has 2 amide bonds. The molecule has 1 aliphatic heterocycles. The van der Waals surface area contributed by atoms with Gasteiger partial charge in [-0.05, 0) is 27.8 Å². The van der Waals surface area contributed by atoms with E-state index in [4.69, 9.17) is 9.84 Å². The van der Waals surface area contributed by atoms with E-state index in [1.165, 1.54) is 4.90 Å². The minimum absolute atomic E-state index is 0.0475. The fourth-order valence-electron chi connectivity index (χ4n) is 4.90. The van der Waals surface area contributed by atoms with Crippen LogP contribution in [0.5, 0.6) is 0 Å². The number of nitrogens with one attached hydrogen (secondary N) is 1. The summed E-state index contributed by atoms with van der Waals surface area (Å²) in [6.07, 6.45) is -0.590. The molecule has 1 saturated heterocycles. The number of amides is 2. The van der Waals surface area contributed by atoms with Crippen molar-refractivity contribution in [3.8, 4) is 11.1 Å². The van der Waals surface area contributed by atoms with Crippen molar-refractivity contribution >= 4 is 18.0 Å². The van der Waals surface area contributed by atoms with Crippen LogP contribution in [0.3, 0.4) is 0 Å². The lowest BCUT2D eigenvalue weighted by Crippen LogP contribution is -2.55. The Bertz CT molecular complexity index is 1210. The summed E-state index contributed by atoms with van der Waals surface area (Å²) in [4.78, 5) is 38.4. The standard InChI is InChI=1S/C28H26N2O5/c31-26(30-15-19(16-30)27(32)33)24(18-8-2-1-3-9-18)14-29-28(34)35-17-25-22-12-6-4-10-20(22)21-11-5-7-13-23(21)25/h1-13,19,24-25H,14-17H2,(H,29,34)(H,32,33). The molecule has 1 aliphatic carbocycles. The zero-order valence-electron chi connectivity index (χ0n) is 19.1. The van der Waals surface area contributed by atoms with Crippen molar-refractivity contribution in [1.29, 1.82) is 0 Å². The molecule has 1 heterocycles. The molecule has 3 aromatic rings. The van der Waals surface area contributed by atoms with E-state index in [0.29, 0.717) is 0 Å². The predicted octanol–water partition coefficient (Wildman–Crippen LogP) is 3.85.